The number of nitrogens with one attached hydrogen (secondary N) is 2. The van der Waals surface area contributed by atoms with Crippen molar-refractivity contribution in [2.45, 2.75) is 49.3 Å². The van der Waals surface area contributed by atoms with Crippen molar-refractivity contribution in [3.63, 3.8) is 0 Å². The van der Waals surface area contributed by atoms with E-state index in [1.807, 2.05) is 62.4 Å². The molecule has 2 aromatic rings. The van der Waals surface area contributed by atoms with Crippen molar-refractivity contribution in [2.75, 3.05) is 18.5 Å². The Morgan fingerprint density at radius 3 is 2.66 bits per heavy atom. The molecule has 5 atom stereocenters. The molecule has 0 saturated carbocycles. The van der Waals surface area contributed by atoms with Gasteiger partial charge in [0.1, 0.15) is 6.04 Å². The van der Waals surface area contributed by atoms with E-state index in [0.29, 0.717) is 13.0 Å². The predicted molar refractivity (Wildman–Crippen MR) is 136 cm³/mol. The fourth-order valence-electron chi connectivity index (χ4n) is 6.08. The highest BCUT2D eigenvalue weighted by atomic mass is 32.2. The van der Waals surface area contributed by atoms with E-state index in [1.165, 1.54) is 4.90 Å². The summed E-state index contributed by atoms with van der Waals surface area (Å²) < 4.78 is -0.659. The summed E-state index contributed by atoms with van der Waals surface area (Å²) in [6.45, 7) is 4.14. The van der Waals surface area contributed by atoms with Gasteiger partial charge in [-0.3, -0.25) is 14.4 Å². The summed E-state index contributed by atoms with van der Waals surface area (Å²) >= 11 is 1.63. The van der Waals surface area contributed by atoms with E-state index >= 15 is 0 Å². The van der Waals surface area contributed by atoms with Crippen LogP contribution in [0.3, 0.4) is 0 Å². The summed E-state index contributed by atoms with van der Waals surface area (Å²) in [6, 6.07) is 14.8. The number of likely N-dealkylation sites (tertiary alicyclic amines) is 1. The number of carbonyl (C=O) groups is 3. The molecule has 0 aliphatic carbocycles. The number of aliphatic hydroxyl groups excluding tert-OH is 1. The number of β-amino-alcohol motifs (C(OH)–C–C–N with tert-alkyl or cyclic N) is 1. The van der Waals surface area contributed by atoms with Crippen LogP contribution in [0.1, 0.15) is 29.5 Å². The molecule has 0 aromatic heterocycles. The molecule has 184 valence electrons. The van der Waals surface area contributed by atoms with Crippen LogP contribution < -0.4 is 10.6 Å². The fourth-order valence-corrected chi connectivity index (χ4v) is 8.30. The first-order valence-corrected chi connectivity index (χ1v) is 13.0. The van der Waals surface area contributed by atoms with Gasteiger partial charge in [-0.25, -0.2) is 0 Å². The Kier molecular flexibility index (Phi) is 6.36. The minimum Gasteiger partial charge on any atom is -0.395 e. The number of thioether (sulfide) groups is 1. The lowest BCUT2D eigenvalue weighted by Crippen LogP contribution is -2.52. The molecule has 2 aromatic carbocycles. The zero-order valence-electron chi connectivity index (χ0n) is 20.0. The average Bonchev–Trinajstić information content (AvgIpc) is 3.48. The van der Waals surface area contributed by atoms with Crippen LogP contribution in [-0.2, 0) is 20.9 Å². The third-order valence-electron chi connectivity index (χ3n) is 7.65. The number of rotatable bonds is 7. The van der Waals surface area contributed by atoms with Crippen LogP contribution in [-0.4, -0.2) is 56.9 Å². The highest BCUT2D eigenvalue weighted by molar-refractivity contribution is 8.02. The van der Waals surface area contributed by atoms with Crippen molar-refractivity contribution in [3.05, 3.63) is 65.2 Å². The van der Waals surface area contributed by atoms with Gasteiger partial charge in [0.05, 0.1) is 23.2 Å². The zero-order valence-corrected chi connectivity index (χ0v) is 20.8. The van der Waals surface area contributed by atoms with Gasteiger partial charge in [0.25, 0.3) is 0 Å². The number of aliphatic hydroxyl groups is 1. The zero-order chi connectivity index (χ0) is 24.7. The Labute approximate surface area is 209 Å². The van der Waals surface area contributed by atoms with Gasteiger partial charge in [-0.1, -0.05) is 42.5 Å². The van der Waals surface area contributed by atoms with Gasteiger partial charge in [0.2, 0.25) is 17.7 Å². The van der Waals surface area contributed by atoms with Crippen molar-refractivity contribution in [3.8, 4) is 0 Å². The van der Waals surface area contributed by atoms with Crippen LogP contribution in [0.25, 0.3) is 0 Å². The maximum atomic E-state index is 13.7. The second-order valence-electron chi connectivity index (χ2n) is 9.82. The summed E-state index contributed by atoms with van der Waals surface area (Å²) in [6.07, 6.45) is 1.49. The van der Waals surface area contributed by atoms with E-state index in [2.05, 4.69) is 10.6 Å². The Morgan fingerprint density at radius 2 is 1.91 bits per heavy atom. The van der Waals surface area contributed by atoms with E-state index in [4.69, 9.17) is 0 Å². The van der Waals surface area contributed by atoms with Gasteiger partial charge in [-0.2, -0.15) is 0 Å². The maximum absolute atomic E-state index is 13.7. The number of anilines is 1. The number of fused-ring (bicyclic) bond motifs is 1. The number of benzene rings is 2. The molecule has 2 bridgehead atoms. The SMILES string of the molecule is Cc1ccc(C)c(NC(=O)C2N(CCO)C(=O)[C@@H]3[C@@H](C(=O)NCc4ccccc4)[C@H]4CCC23S4)c1. The molecule has 0 radical (unpaired) electrons. The van der Waals surface area contributed by atoms with Gasteiger partial charge in [0.15, 0.2) is 0 Å². The van der Waals surface area contributed by atoms with Crippen LogP contribution >= 0.6 is 11.8 Å². The lowest BCUT2D eigenvalue weighted by atomic mass is 9.70. The molecule has 1 spiro atoms. The Hall–Kier alpha value is -2.84. The summed E-state index contributed by atoms with van der Waals surface area (Å²) in [5.41, 5.74) is 3.69. The average molecular weight is 494 g/mol. The second-order valence-corrected chi connectivity index (χ2v) is 11.4. The molecule has 2 unspecified atom stereocenters. The van der Waals surface area contributed by atoms with E-state index < -0.39 is 22.6 Å². The lowest BCUT2D eigenvalue weighted by Gasteiger charge is -2.34. The van der Waals surface area contributed by atoms with Gasteiger partial charge in [-0.05, 0) is 49.4 Å². The Morgan fingerprint density at radius 1 is 1.14 bits per heavy atom. The summed E-state index contributed by atoms with van der Waals surface area (Å²) in [5.74, 6) is -1.63. The van der Waals surface area contributed by atoms with Crippen LogP contribution in [0.4, 0.5) is 5.69 Å². The Bertz CT molecular complexity index is 1160. The molecule has 3 aliphatic rings. The van der Waals surface area contributed by atoms with Crippen LogP contribution in [0.15, 0.2) is 48.5 Å². The van der Waals surface area contributed by atoms with Crippen molar-refractivity contribution in [1.82, 2.24) is 10.2 Å². The quantitative estimate of drug-likeness (QED) is 0.551. The lowest BCUT2D eigenvalue weighted by molar-refractivity contribution is -0.139. The summed E-state index contributed by atoms with van der Waals surface area (Å²) in [4.78, 5) is 42.3. The molecule has 3 aliphatic heterocycles. The minimum atomic E-state index is -0.728. The topological polar surface area (TPSA) is 98.7 Å². The van der Waals surface area contributed by atoms with E-state index in [9.17, 15) is 19.5 Å². The smallest absolute Gasteiger partial charge is 0.248 e. The fraction of sp³-hybridized carbons (Fsp3) is 0.444. The largest absolute Gasteiger partial charge is 0.395 e. The van der Waals surface area contributed by atoms with Crippen LogP contribution in [0.2, 0.25) is 0 Å². The molecule has 3 saturated heterocycles. The molecule has 8 heteroatoms. The number of hydrogen-bond donors (Lipinski definition) is 3. The molecular formula is C27H31N3O4S. The van der Waals surface area contributed by atoms with Crippen molar-refractivity contribution in [2.24, 2.45) is 11.8 Å². The third-order valence-corrected chi connectivity index (χ3v) is 9.60. The number of nitrogens with zero attached hydrogens (tertiary/aromatic N) is 1. The minimum absolute atomic E-state index is 0.00649. The maximum Gasteiger partial charge on any atom is 0.248 e. The first-order valence-electron chi connectivity index (χ1n) is 12.1. The van der Waals surface area contributed by atoms with Crippen LogP contribution in [0.5, 0.6) is 0 Å². The molecular weight excluding hydrogens is 462 g/mol. The number of aryl methyl sites for hydroxylation is 2. The molecule has 3 heterocycles. The second kappa shape index (κ2) is 9.32. The van der Waals surface area contributed by atoms with Crippen molar-refractivity contribution in [1.29, 1.82) is 0 Å². The van der Waals surface area contributed by atoms with Crippen molar-refractivity contribution < 1.29 is 19.5 Å². The highest BCUT2D eigenvalue weighted by Gasteiger charge is 2.73. The Balaban J connectivity index is 1.42. The third kappa shape index (κ3) is 4.02. The summed E-state index contributed by atoms with van der Waals surface area (Å²) in [7, 11) is 0. The van der Waals surface area contributed by atoms with Gasteiger partial charge in [0, 0.05) is 24.0 Å². The normalized spacial score (nSPS) is 28.8. The monoisotopic (exact) mass is 493 g/mol. The van der Waals surface area contributed by atoms with Gasteiger partial charge >= 0.3 is 0 Å². The van der Waals surface area contributed by atoms with E-state index in [-0.39, 0.29) is 36.1 Å². The van der Waals surface area contributed by atoms with E-state index in [1.54, 1.807) is 11.8 Å². The molecule has 35 heavy (non-hydrogen) atoms. The van der Waals surface area contributed by atoms with Crippen molar-refractivity contribution >= 4 is 35.2 Å². The predicted octanol–water partition coefficient (Wildman–Crippen LogP) is 2.64. The molecule has 7 nitrogen and oxygen atoms in total. The number of carbonyl (C=O) groups excluding carboxylic acids is 3. The number of amides is 3. The molecule has 3 fully saturated rings. The highest BCUT2D eigenvalue weighted by Crippen LogP contribution is 2.66. The van der Waals surface area contributed by atoms with E-state index in [0.717, 1.165) is 28.8 Å². The first kappa shape index (κ1) is 23.9. The van der Waals surface area contributed by atoms with Gasteiger partial charge in [-0.15, -0.1) is 11.8 Å². The summed E-state index contributed by atoms with van der Waals surface area (Å²) in [5, 5.41) is 15.8. The molecule has 5 rings (SSSR count). The molecule has 3 amide bonds. The first-order chi connectivity index (χ1) is 16.9. The number of hydrogen-bond acceptors (Lipinski definition) is 5. The standard InChI is InChI=1S/C27H31N3O4S/c1-16-8-9-17(2)19(14-16)29-25(33)23-27-11-10-20(35-27)21(22(27)26(34)30(23)12-13-31)24(32)28-15-18-6-4-3-5-7-18/h3-9,14,20-23,31H,10-13,15H2,1-2H3,(H,28,32)(H,29,33)/t20-,21+,22+,23?,27?/m1/s1. The molecule has 3 N–H and O–H groups in total. The van der Waals surface area contributed by atoms with Crippen LogP contribution in [0, 0.1) is 25.7 Å². The van der Waals surface area contributed by atoms with Gasteiger partial charge < -0.3 is 20.6 Å².